The maximum Gasteiger partial charge on any atom is 0.191 e. The minimum absolute atomic E-state index is 0.452. The smallest absolute Gasteiger partial charge is 0.191 e. The normalized spacial score (nSPS) is 16.2. The number of unbranched alkanes of at least 4 members (excludes halogenated alkanes) is 19. The summed E-state index contributed by atoms with van der Waals surface area (Å²) in [7, 11) is 2.11. The minimum Gasteiger partial charge on any atom is -0.758 e. The molecule has 0 saturated carbocycles. The largest absolute Gasteiger partial charge is 0.758 e. The first-order valence-corrected chi connectivity index (χ1v) is 15.0. The lowest BCUT2D eigenvalue weighted by Crippen LogP contribution is -2.21. The van der Waals surface area contributed by atoms with Crippen LogP contribution in [-0.4, -0.2) is 22.5 Å². The van der Waals surface area contributed by atoms with Gasteiger partial charge >= 0.3 is 0 Å². The second-order valence-electron chi connectivity index (χ2n) is 10.3. The Labute approximate surface area is 207 Å². The Bertz CT molecular complexity index is 497. The van der Waals surface area contributed by atoms with Crippen molar-refractivity contribution in [2.75, 3.05) is 7.05 Å². The Morgan fingerprint density at radius 3 is 1.41 bits per heavy atom. The fourth-order valence-electron chi connectivity index (χ4n) is 5.08. The van der Waals surface area contributed by atoms with Gasteiger partial charge in [-0.2, -0.15) is 0 Å². The van der Waals surface area contributed by atoms with Crippen molar-refractivity contribution in [3.8, 4) is 0 Å². The molecule has 0 aromatic rings. The molecule has 3 heteroatoms. The van der Waals surface area contributed by atoms with E-state index in [2.05, 4.69) is 30.7 Å². The number of hydrogen-bond acceptors (Lipinski definition) is 2. The van der Waals surface area contributed by atoms with Gasteiger partial charge in [-0.05, 0) is 23.0 Å². The van der Waals surface area contributed by atoms with Crippen LogP contribution in [0.25, 0.3) is 0 Å². The molecule has 1 atom stereocenters. The van der Waals surface area contributed by atoms with Crippen molar-refractivity contribution < 1.29 is 4.68 Å². The maximum absolute atomic E-state index is 5.60. The van der Waals surface area contributed by atoms with Gasteiger partial charge in [-0.3, -0.25) is 0 Å². The molecule has 0 saturated heterocycles. The van der Waals surface area contributed by atoms with E-state index in [-0.39, 0.29) is 0 Å². The second kappa shape index (κ2) is 21.1. The van der Waals surface area contributed by atoms with E-state index in [9.17, 15) is 0 Å². The van der Waals surface area contributed by atoms with E-state index in [4.69, 9.17) is 12.6 Å². The highest BCUT2D eigenvalue weighted by Crippen LogP contribution is 2.22. The maximum atomic E-state index is 5.60. The standard InChI is InChI=1S/C29H56N2S/c1-4-6-8-10-12-13-14-15-16-17-18-19-20-22-24-26-28-27(29(32)30-31(28)3)25-23-21-11-9-7-5-2/h27H,4-26H2,1-3H3. The Hall–Kier alpha value is -0.440. The summed E-state index contributed by atoms with van der Waals surface area (Å²) in [6, 6.07) is 0. The highest BCUT2D eigenvalue weighted by atomic mass is 32.1. The molecule has 0 radical (unpaired) electrons. The zero-order chi connectivity index (χ0) is 23.3. The highest BCUT2D eigenvalue weighted by Gasteiger charge is 2.28. The lowest BCUT2D eigenvalue weighted by molar-refractivity contribution is -0.501. The fraction of sp³-hybridized carbons (Fsp3) is 0.931. The van der Waals surface area contributed by atoms with Gasteiger partial charge in [0.05, 0.1) is 5.92 Å². The summed E-state index contributed by atoms with van der Waals surface area (Å²) < 4.78 is 2.11. The van der Waals surface area contributed by atoms with Gasteiger partial charge in [-0.25, -0.2) is 0 Å². The van der Waals surface area contributed by atoms with Gasteiger partial charge in [-0.15, -0.1) is 0 Å². The summed E-state index contributed by atoms with van der Waals surface area (Å²) in [5.41, 5.74) is 1.50. The fourth-order valence-corrected chi connectivity index (χ4v) is 5.46. The number of rotatable bonds is 23. The average Bonchev–Trinajstić information content (AvgIpc) is 3.05. The zero-order valence-corrected chi connectivity index (χ0v) is 23.0. The van der Waals surface area contributed by atoms with Crippen molar-refractivity contribution in [3.05, 3.63) is 0 Å². The Morgan fingerprint density at radius 2 is 0.969 bits per heavy atom. The van der Waals surface area contributed by atoms with Crippen LogP contribution < -0.4 is 0 Å². The molecule has 0 spiro atoms. The molecular formula is C29H56N2S. The van der Waals surface area contributed by atoms with Crippen LogP contribution in [0, 0.1) is 5.92 Å². The minimum atomic E-state index is 0.452. The van der Waals surface area contributed by atoms with E-state index < -0.39 is 0 Å². The second-order valence-corrected chi connectivity index (χ2v) is 10.7. The van der Waals surface area contributed by atoms with Crippen LogP contribution in [0.4, 0.5) is 0 Å². The average molecular weight is 465 g/mol. The monoisotopic (exact) mass is 464 g/mol. The van der Waals surface area contributed by atoms with Crippen LogP contribution in [-0.2, 0) is 12.6 Å². The molecule has 0 amide bonds. The summed E-state index contributed by atoms with van der Waals surface area (Å²) in [5, 5.41) is 5.54. The van der Waals surface area contributed by atoms with Crippen LogP contribution in [0.15, 0.2) is 5.10 Å². The topological polar surface area (TPSA) is 15.4 Å². The number of nitrogens with zero attached hydrogens (tertiary/aromatic N) is 2. The first-order chi connectivity index (χ1) is 15.7. The molecule has 1 aliphatic rings. The Balaban J connectivity index is 1.98. The van der Waals surface area contributed by atoms with Crippen molar-refractivity contribution in [1.82, 2.24) is 0 Å². The van der Waals surface area contributed by atoms with Gasteiger partial charge in [0.2, 0.25) is 0 Å². The third-order valence-electron chi connectivity index (χ3n) is 7.25. The molecule has 0 bridgehead atoms. The predicted octanol–water partition coefficient (Wildman–Crippen LogP) is 9.57. The van der Waals surface area contributed by atoms with Crippen molar-refractivity contribution in [2.24, 2.45) is 11.0 Å². The third kappa shape index (κ3) is 14.7. The highest BCUT2D eigenvalue weighted by molar-refractivity contribution is 7.77. The van der Waals surface area contributed by atoms with E-state index in [1.54, 1.807) is 0 Å². The summed E-state index contributed by atoms with van der Waals surface area (Å²) in [5.74, 6) is 0.452. The van der Waals surface area contributed by atoms with Crippen LogP contribution in [0.2, 0.25) is 0 Å². The van der Waals surface area contributed by atoms with E-state index in [0.717, 1.165) is 5.04 Å². The van der Waals surface area contributed by atoms with Crippen LogP contribution in [0.1, 0.15) is 162 Å². The quantitative estimate of drug-likeness (QED) is 0.0834. The van der Waals surface area contributed by atoms with Crippen molar-refractivity contribution in [3.63, 3.8) is 0 Å². The van der Waals surface area contributed by atoms with E-state index in [0.29, 0.717) is 5.92 Å². The molecule has 1 unspecified atom stereocenters. The molecule has 2 nitrogen and oxygen atoms in total. The summed E-state index contributed by atoms with van der Waals surface area (Å²) in [6.45, 7) is 4.58. The molecule has 0 fully saturated rings. The number of hydrogen-bond donors (Lipinski definition) is 0. The van der Waals surface area contributed by atoms with Gasteiger partial charge in [0.1, 0.15) is 0 Å². The SMILES string of the molecule is CCCCCCCCCCCCCCCCCC1=[N+](C)N=C([S-])C1CCCCCCCC. The van der Waals surface area contributed by atoms with E-state index >= 15 is 0 Å². The van der Waals surface area contributed by atoms with Crippen molar-refractivity contribution in [1.29, 1.82) is 0 Å². The molecular weight excluding hydrogens is 408 g/mol. The zero-order valence-electron chi connectivity index (χ0n) is 22.1. The predicted molar refractivity (Wildman–Crippen MR) is 147 cm³/mol. The number of hydrazone groups is 1. The molecule has 0 aromatic heterocycles. The Morgan fingerprint density at radius 1 is 0.594 bits per heavy atom. The van der Waals surface area contributed by atoms with Gasteiger partial charge in [0.15, 0.2) is 12.8 Å². The van der Waals surface area contributed by atoms with Crippen molar-refractivity contribution in [2.45, 2.75) is 162 Å². The van der Waals surface area contributed by atoms with Crippen molar-refractivity contribution >= 4 is 23.4 Å². The molecule has 1 aliphatic heterocycles. The van der Waals surface area contributed by atoms with Crippen LogP contribution in [0.5, 0.6) is 0 Å². The van der Waals surface area contributed by atoms with Gasteiger partial charge < -0.3 is 12.6 Å². The summed E-state index contributed by atoms with van der Waals surface area (Å²) in [6.07, 6.45) is 32.0. The lowest BCUT2D eigenvalue weighted by atomic mass is 9.93. The molecule has 32 heavy (non-hydrogen) atoms. The van der Waals surface area contributed by atoms with Crippen LogP contribution in [0.3, 0.4) is 0 Å². The van der Waals surface area contributed by atoms with Crippen LogP contribution >= 0.6 is 0 Å². The molecule has 0 aromatic carbocycles. The van der Waals surface area contributed by atoms with Gasteiger partial charge in [0, 0.05) is 6.42 Å². The van der Waals surface area contributed by atoms with Gasteiger partial charge in [-0.1, -0.05) is 147 Å². The third-order valence-corrected chi connectivity index (χ3v) is 7.61. The van der Waals surface area contributed by atoms with E-state index in [1.807, 2.05) is 0 Å². The first-order valence-electron chi connectivity index (χ1n) is 14.6. The Kier molecular flexibility index (Phi) is 19.5. The molecule has 188 valence electrons. The summed E-state index contributed by atoms with van der Waals surface area (Å²) >= 11 is 5.60. The molecule has 0 aliphatic carbocycles. The lowest BCUT2D eigenvalue weighted by Gasteiger charge is -2.15. The molecule has 1 rings (SSSR count). The first kappa shape index (κ1) is 29.6. The molecule has 1 heterocycles. The van der Waals surface area contributed by atoms with E-state index in [1.165, 1.54) is 153 Å². The van der Waals surface area contributed by atoms with Gasteiger partial charge in [0.25, 0.3) is 0 Å². The molecule has 0 N–H and O–H groups in total. The summed E-state index contributed by atoms with van der Waals surface area (Å²) in [4.78, 5) is 0.